The van der Waals surface area contributed by atoms with Crippen LogP contribution in [0.25, 0.3) is 0 Å². The molecule has 0 atom stereocenters. The number of hydrogen-bond donors (Lipinski definition) is 0. The summed E-state index contributed by atoms with van der Waals surface area (Å²) < 4.78 is 17.0. The molecule has 0 saturated heterocycles. The van der Waals surface area contributed by atoms with Crippen LogP contribution in [0.5, 0.6) is 0 Å². The first-order valence-electron chi connectivity index (χ1n) is 3.03. The molecule has 60 valence electrons. The molecule has 0 radical (unpaired) electrons. The van der Waals surface area contributed by atoms with Crippen LogP contribution in [-0.2, 0) is 0 Å². The van der Waals surface area contributed by atoms with Crippen molar-refractivity contribution in [3.05, 3.63) is 33.7 Å². The summed E-state index contributed by atoms with van der Waals surface area (Å²) in [7, 11) is 0. The third-order valence-corrected chi connectivity index (χ3v) is 4.20. The van der Waals surface area contributed by atoms with Crippen LogP contribution in [0.3, 0.4) is 0 Å². The van der Waals surface area contributed by atoms with Crippen LogP contribution in [0, 0.1) is 28.1 Å². The maximum atomic E-state index is 13.0. The summed E-state index contributed by atoms with van der Waals surface area (Å²) in [6.07, 6.45) is 0. The van der Waals surface area contributed by atoms with E-state index in [2.05, 4.69) is 0 Å². The van der Waals surface area contributed by atoms with Gasteiger partial charge in [-0.1, -0.05) is 0 Å². The molecule has 0 aliphatic heterocycles. The van der Waals surface area contributed by atoms with Crippen LogP contribution in [0.15, 0.2) is 24.3 Å². The van der Waals surface area contributed by atoms with Gasteiger partial charge in [0.15, 0.2) is 0 Å². The van der Waals surface area contributed by atoms with Crippen molar-refractivity contribution in [3.63, 3.8) is 0 Å². The van der Waals surface area contributed by atoms with E-state index in [4.69, 9.17) is 10.5 Å². The van der Waals surface area contributed by atoms with Crippen LogP contribution in [0.2, 0.25) is 0 Å². The molecule has 0 saturated carbocycles. The number of halogens is 2. The van der Waals surface area contributed by atoms with Gasteiger partial charge in [-0.2, -0.15) is 0 Å². The van der Waals surface area contributed by atoms with Crippen molar-refractivity contribution >= 4 is 19.8 Å². The van der Waals surface area contributed by atoms with Gasteiger partial charge in [-0.15, -0.1) is 0 Å². The fraction of sp³-hybridized carbons (Fsp3) is 0. The monoisotopic (exact) mass is 274 g/mol. The van der Waals surface area contributed by atoms with E-state index >= 15 is 0 Å². The van der Waals surface area contributed by atoms with Crippen molar-refractivity contribution in [2.45, 2.75) is 0 Å². The second kappa shape index (κ2) is 4.03. The SMILES string of the molecule is N#CI(C#N)c1ccccc1F. The van der Waals surface area contributed by atoms with Gasteiger partial charge < -0.3 is 0 Å². The Balaban J connectivity index is 3.13. The summed E-state index contributed by atoms with van der Waals surface area (Å²) in [6, 6.07) is 5.96. The van der Waals surface area contributed by atoms with Gasteiger partial charge in [0.1, 0.15) is 0 Å². The molecular weight excluding hydrogens is 270 g/mol. The standard InChI is InChI=1S/C8H4FIN2/c9-7-3-1-2-4-8(7)10(5-11)6-12/h1-4H. The summed E-state index contributed by atoms with van der Waals surface area (Å²) in [6.45, 7) is 0. The molecule has 0 aliphatic rings. The maximum absolute atomic E-state index is 13.0. The van der Waals surface area contributed by atoms with Gasteiger partial charge in [0.25, 0.3) is 0 Å². The van der Waals surface area contributed by atoms with Crippen molar-refractivity contribution in [3.8, 4) is 8.15 Å². The Morgan fingerprint density at radius 2 is 1.75 bits per heavy atom. The average Bonchev–Trinajstić information content (AvgIpc) is 2.10. The zero-order valence-electron chi connectivity index (χ0n) is 5.96. The van der Waals surface area contributed by atoms with Crippen molar-refractivity contribution < 1.29 is 4.39 Å². The van der Waals surface area contributed by atoms with Crippen molar-refractivity contribution in [1.29, 1.82) is 10.5 Å². The zero-order chi connectivity index (χ0) is 8.97. The Morgan fingerprint density at radius 3 is 2.25 bits per heavy atom. The Hall–Kier alpha value is -1.14. The molecule has 4 heteroatoms. The Morgan fingerprint density at radius 1 is 1.17 bits per heavy atom. The third-order valence-electron chi connectivity index (χ3n) is 1.20. The summed E-state index contributed by atoms with van der Waals surface area (Å²) in [5.74, 6) is -0.439. The number of hydrogen-bond acceptors (Lipinski definition) is 2. The minimum atomic E-state index is -2.53. The molecule has 1 rings (SSSR count). The van der Waals surface area contributed by atoms with Crippen LogP contribution < -0.4 is 0 Å². The van der Waals surface area contributed by atoms with E-state index in [0.29, 0.717) is 3.57 Å². The van der Waals surface area contributed by atoms with E-state index in [1.165, 1.54) is 12.1 Å². The van der Waals surface area contributed by atoms with Crippen LogP contribution >= 0.6 is 19.8 Å². The van der Waals surface area contributed by atoms with E-state index in [0.717, 1.165) is 0 Å². The molecule has 0 bridgehead atoms. The van der Waals surface area contributed by atoms with Gasteiger partial charge in [-0.05, 0) is 0 Å². The van der Waals surface area contributed by atoms with Crippen LogP contribution in [-0.4, -0.2) is 0 Å². The molecule has 12 heavy (non-hydrogen) atoms. The second-order valence-electron chi connectivity index (χ2n) is 1.87. The average molecular weight is 274 g/mol. The van der Waals surface area contributed by atoms with E-state index in [1.54, 1.807) is 12.1 Å². The third kappa shape index (κ3) is 1.72. The van der Waals surface area contributed by atoms with E-state index in [1.807, 2.05) is 8.15 Å². The van der Waals surface area contributed by atoms with E-state index in [9.17, 15) is 4.39 Å². The van der Waals surface area contributed by atoms with Gasteiger partial charge in [-0.25, -0.2) is 0 Å². The Bertz CT molecular complexity index is 350. The van der Waals surface area contributed by atoms with Gasteiger partial charge in [-0.3, -0.25) is 0 Å². The van der Waals surface area contributed by atoms with Gasteiger partial charge in [0.05, 0.1) is 0 Å². The van der Waals surface area contributed by atoms with E-state index in [-0.39, 0.29) is 0 Å². The van der Waals surface area contributed by atoms with Gasteiger partial charge in [0, 0.05) is 0 Å². The molecule has 0 unspecified atom stereocenters. The van der Waals surface area contributed by atoms with Crippen molar-refractivity contribution in [2.24, 2.45) is 0 Å². The molecule has 0 heterocycles. The molecule has 0 amide bonds. The van der Waals surface area contributed by atoms with Crippen LogP contribution in [0.4, 0.5) is 4.39 Å². The predicted molar refractivity (Wildman–Crippen MR) is 50.3 cm³/mol. The molecule has 2 nitrogen and oxygen atoms in total. The molecule has 0 spiro atoms. The first-order chi connectivity index (χ1) is 5.79. The molecule has 0 aromatic heterocycles. The summed E-state index contributed by atoms with van der Waals surface area (Å²) in [5.41, 5.74) is 0. The summed E-state index contributed by atoms with van der Waals surface area (Å²) in [4.78, 5) is 0. The molecule has 0 aliphatic carbocycles. The number of rotatable bonds is 1. The van der Waals surface area contributed by atoms with E-state index < -0.39 is 25.6 Å². The predicted octanol–water partition coefficient (Wildman–Crippen LogP) is 2.46. The Labute approximate surface area is 76.6 Å². The number of nitrogens with zero attached hydrogens (tertiary/aromatic N) is 2. The van der Waals surface area contributed by atoms with Gasteiger partial charge in [0.2, 0.25) is 0 Å². The topological polar surface area (TPSA) is 47.6 Å². The first kappa shape index (κ1) is 8.95. The normalized spacial score (nSPS) is 9.75. The number of nitriles is 2. The van der Waals surface area contributed by atoms with Crippen LogP contribution in [0.1, 0.15) is 0 Å². The fourth-order valence-corrected chi connectivity index (χ4v) is 2.59. The molecule has 0 N–H and O–H groups in total. The van der Waals surface area contributed by atoms with Crippen molar-refractivity contribution in [1.82, 2.24) is 0 Å². The molecule has 0 fully saturated rings. The minimum absolute atomic E-state index is 0.298. The molecular formula is C8H4FIN2. The fourth-order valence-electron chi connectivity index (χ4n) is 0.703. The molecule has 1 aromatic rings. The summed E-state index contributed by atoms with van der Waals surface area (Å²) in [5, 5.41) is 17.1. The number of benzene rings is 1. The first-order valence-corrected chi connectivity index (χ1v) is 6.27. The Kier molecular flexibility index (Phi) is 3.01. The molecule has 1 aromatic carbocycles. The zero-order valence-corrected chi connectivity index (χ0v) is 8.12. The van der Waals surface area contributed by atoms with Crippen molar-refractivity contribution in [2.75, 3.05) is 0 Å². The van der Waals surface area contributed by atoms with Gasteiger partial charge >= 0.3 is 76.5 Å². The second-order valence-corrected chi connectivity index (χ2v) is 5.61. The summed E-state index contributed by atoms with van der Waals surface area (Å²) >= 11 is -2.53. The quantitative estimate of drug-likeness (QED) is 0.738.